The molecule has 5 heteroatoms. The number of amides is 1. The van der Waals surface area contributed by atoms with E-state index in [9.17, 15) is 4.79 Å². The summed E-state index contributed by atoms with van der Waals surface area (Å²) < 4.78 is 8.49. The molecular weight excluding hydrogens is 344 g/mol. The van der Waals surface area contributed by atoms with Crippen LogP contribution >= 0.6 is 15.9 Å². The van der Waals surface area contributed by atoms with Crippen molar-refractivity contribution in [2.24, 2.45) is 0 Å². The summed E-state index contributed by atoms with van der Waals surface area (Å²) in [5.41, 5.74) is 3.90. The lowest BCUT2D eigenvalue weighted by Gasteiger charge is -2.26. The van der Waals surface area contributed by atoms with Crippen LogP contribution < -0.4 is 0 Å². The quantitative estimate of drug-likeness (QED) is 0.820. The first-order valence-electron chi connectivity index (χ1n) is 7.40. The molecule has 0 bridgehead atoms. The summed E-state index contributed by atoms with van der Waals surface area (Å²) in [6.45, 7) is 6.61. The Balaban J connectivity index is 1.95. The van der Waals surface area contributed by atoms with Gasteiger partial charge in [-0.2, -0.15) is 0 Å². The number of carbonyl (C=O) groups is 1. The number of carbonyl (C=O) groups excluding carboxylic acids is 1. The first-order valence-corrected chi connectivity index (χ1v) is 8.19. The predicted molar refractivity (Wildman–Crippen MR) is 89.7 cm³/mol. The molecule has 22 heavy (non-hydrogen) atoms. The lowest BCUT2D eigenvalue weighted by Crippen LogP contribution is -2.40. The van der Waals surface area contributed by atoms with Crippen molar-refractivity contribution in [2.75, 3.05) is 26.3 Å². The highest BCUT2D eigenvalue weighted by atomic mass is 79.9. The third-order valence-electron chi connectivity index (χ3n) is 4.04. The van der Waals surface area contributed by atoms with Crippen molar-refractivity contribution in [3.8, 4) is 5.69 Å². The minimum Gasteiger partial charge on any atom is -0.378 e. The Bertz CT molecular complexity index is 685. The molecule has 1 aliphatic rings. The van der Waals surface area contributed by atoms with E-state index in [1.807, 2.05) is 49.1 Å². The van der Waals surface area contributed by atoms with E-state index in [0.717, 1.165) is 27.1 Å². The van der Waals surface area contributed by atoms with Crippen LogP contribution in [0.3, 0.4) is 0 Å². The van der Waals surface area contributed by atoms with E-state index in [1.165, 1.54) is 0 Å². The third kappa shape index (κ3) is 2.83. The molecule has 1 aromatic heterocycles. The minimum absolute atomic E-state index is 0.0970. The molecule has 0 unspecified atom stereocenters. The SMILES string of the molecule is Cc1cc(C(=O)N2CCOCC2)c(C)n1-c1ccc(Br)cc1. The number of ether oxygens (including phenoxy) is 1. The number of rotatable bonds is 2. The zero-order valence-corrected chi connectivity index (χ0v) is 14.4. The van der Waals surface area contributed by atoms with Gasteiger partial charge in [0, 0.05) is 34.6 Å². The Morgan fingerprint density at radius 1 is 1.14 bits per heavy atom. The molecule has 116 valence electrons. The smallest absolute Gasteiger partial charge is 0.255 e. The molecular formula is C17H19BrN2O2. The Morgan fingerprint density at radius 3 is 2.41 bits per heavy atom. The van der Waals surface area contributed by atoms with E-state index in [0.29, 0.717) is 26.3 Å². The van der Waals surface area contributed by atoms with Crippen molar-refractivity contribution in [3.05, 3.63) is 51.8 Å². The zero-order chi connectivity index (χ0) is 15.7. The minimum atomic E-state index is 0.0970. The van der Waals surface area contributed by atoms with E-state index in [4.69, 9.17) is 4.74 Å². The Hall–Kier alpha value is -1.59. The van der Waals surface area contributed by atoms with Gasteiger partial charge in [-0.15, -0.1) is 0 Å². The second-order valence-electron chi connectivity index (χ2n) is 5.50. The van der Waals surface area contributed by atoms with Gasteiger partial charge in [-0.05, 0) is 44.2 Å². The molecule has 1 aromatic carbocycles. The molecule has 1 amide bonds. The monoisotopic (exact) mass is 362 g/mol. The number of halogens is 1. The Kier molecular flexibility index (Phi) is 4.36. The van der Waals surface area contributed by atoms with Crippen molar-refractivity contribution in [1.29, 1.82) is 0 Å². The highest BCUT2D eigenvalue weighted by Gasteiger charge is 2.23. The number of nitrogens with zero attached hydrogens (tertiary/aromatic N) is 2. The molecule has 1 saturated heterocycles. The Labute approximate surface area is 138 Å². The average Bonchev–Trinajstić information content (AvgIpc) is 2.83. The maximum absolute atomic E-state index is 12.7. The largest absolute Gasteiger partial charge is 0.378 e. The average molecular weight is 363 g/mol. The van der Waals surface area contributed by atoms with Gasteiger partial charge in [-0.25, -0.2) is 0 Å². The van der Waals surface area contributed by atoms with Gasteiger partial charge in [0.05, 0.1) is 18.8 Å². The second-order valence-corrected chi connectivity index (χ2v) is 6.42. The zero-order valence-electron chi connectivity index (χ0n) is 12.8. The highest BCUT2D eigenvalue weighted by Crippen LogP contribution is 2.23. The first-order chi connectivity index (χ1) is 10.6. The summed E-state index contributed by atoms with van der Waals surface area (Å²) in [7, 11) is 0. The van der Waals surface area contributed by atoms with Gasteiger partial charge in [0.1, 0.15) is 0 Å². The predicted octanol–water partition coefficient (Wildman–Crippen LogP) is 3.33. The molecule has 1 fully saturated rings. The normalized spacial score (nSPS) is 15.1. The van der Waals surface area contributed by atoms with Crippen molar-refractivity contribution in [3.63, 3.8) is 0 Å². The summed E-state index contributed by atoms with van der Waals surface area (Å²) in [6.07, 6.45) is 0. The van der Waals surface area contributed by atoms with E-state index in [-0.39, 0.29) is 5.91 Å². The summed E-state index contributed by atoms with van der Waals surface area (Å²) in [6, 6.07) is 10.1. The van der Waals surface area contributed by atoms with Gasteiger partial charge in [-0.1, -0.05) is 15.9 Å². The van der Waals surface area contributed by atoms with Crippen molar-refractivity contribution >= 4 is 21.8 Å². The van der Waals surface area contributed by atoms with Gasteiger partial charge in [0.2, 0.25) is 0 Å². The third-order valence-corrected chi connectivity index (χ3v) is 4.57. The van der Waals surface area contributed by atoms with E-state index >= 15 is 0 Å². The van der Waals surface area contributed by atoms with E-state index < -0.39 is 0 Å². The van der Waals surface area contributed by atoms with Gasteiger partial charge in [0.15, 0.2) is 0 Å². The summed E-state index contributed by atoms with van der Waals surface area (Å²) in [4.78, 5) is 14.6. The molecule has 0 N–H and O–H groups in total. The van der Waals surface area contributed by atoms with Crippen LogP contribution in [0, 0.1) is 13.8 Å². The summed E-state index contributed by atoms with van der Waals surface area (Å²) in [5, 5.41) is 0. The lowest BCUT2D eigenvalue weighted by atomic mass is 10.2. The molecule has 3 rings (SSSR count). The fraction of sp³-hybridized carbons (Fsp3) is 0.353. The topological polar surface area (TPSA) is 34.5 Å². The van der Waals surface area contributed by atoms with E-state index in [1.54, 1.807) is 0 Å². The molecule has 0 spiro atoms. The first kappa shape index (κ1) is 15.3. The maximum atomic E-state index is 12.7. The van der Waals surface area contributed by atoms with Gasteiger partial charge in [-0.3, -0.25) is 4.79 Å². The van der Waals surface area contributed by atoms with Crippen LogP contribution in [0.15, 0.2) is 34.8 Å². The molecule has 2 aromatic rings. The second kappa shape index (κ2) is 6.26. The van der Waals surface area contributed by atoms with Crippen LogP contribution in [0.5, 0.6) is 0 Å². The standard InChI is InChI=1S/C17H19BrN2O2/c1-12-11-16(17(21)19-7-9-22-10-8-19)13(2)20(12)15-5-3-14(18)4-6-15/h3-6,11H,7-10H2,1-2H3. The van der Waals surface area contributed by atoms with Crippen LogP contribution in [0.4, 0.5) is 0 Å². The molecule has 2 heterocycles. The van der Waals surface area contributed by atoms with Gasteiger partial charge >= 0.3 is 0 Å². The van der Waals surface area contributed by atoms with Gasteiger partial charge < -0.3 is 14.2 Å². The van der Waals surface area contributed by atoms with Crippen molar-refractivity contribution in [2.45, 2.75) is 13.8 Å². The number of benzene rings is 1. The number of aromatic nitrogens is 1. The maximum Gasteiger partial charge on any atom is 0.255 e. The lowest BCUT2D eigenvalue weighted by molar-refractivity contribution is 0.0302. The molecule has 0 saturated carbocycles. The van der Waals surface area contributed by atoms with Crippen LogP contribution in [0.2, 0.25) is 0 Å². The molecule has 0 atom stereocenters. The number of morpholine rings is 1. The Morgan fingerprint density at radius 2 is 1.77 bits per heavy atom. The highest BCUT2D eigenvalue weighted by molar-refractivity contribution is 9.10. The summed E-state index contributed by atoms with van der Waals surface area (Å²) in [5.74, 6) is 0.0970. The van der Waals surface area contributed by atoms with Gasteiger partial charge in [0.25, 0.3) is 5.91 Å². The molecule has 0 aliphatic carbocycles. The fourth-order valence-electron chi connectivity index (χ4n) is 2.90. The number of hydrogen-bond acceptors (Lipinski definition) is 2. The number of hydrogen-bond donors (Lipinski definition) is 0. The van der Waals surface area contributed by atoms with Crippen molar-refractivity contribution < 1.29 is 9.53 Å². The molecule has 0 radical (unpaired) electrons. The van der Waals surface area contributed by atoms with Crippen LogP contribution in [0.25, 0.3) is 5.69 Å². The molecule has 1 aliphatic heterocycles. The van der Waals surface area contributed by atoms with E-state index in [2.05, 4.69) is 20.5 Å². The number of aryl methyl sites for hydroxylation is 1. The fourth-order valence-corrected chi connectivity index (χ4v) is 3.17. The molecule has 4 nitrogen and oxygen atoms in total. The van der Waals surface area contributed by atoms with Crippen molar-refractivity contribution in [1.82, 2.24) is 9.47 Å². The van der Waals surface area contributed by atoms with Crippen LogP contribution in [-0.2, 0) is 4.74 Å². The van der Waals surface area contributed by atoms with Crippen LogP contribution in [0.1, 0.15) is 21.7 Å². The summed E-state index contributed by atoms with van der Waals surface area (Å²) >= 11 is 3.45. The van der Waals surface area contributed by atoms with Crippen LogP contribution in [-0.4, -0.2) is 41.7 Å².